The number of amides is 2. The molecule has 4 aromatic rings. The number of anilines is 1. The van der Waals surface area contributed by atoms with E-state index in [1.54, 1.807) is 24.3 Å². The molecular weight excluding hydrogens is 675 g/mol. The van der Waals surface area contributed by atoms with Gasteiger partial charge in [-0.2, -0.15) is 0 Å². The number of nitro groups is 1. The second-order valence-corrected chi connectivity index (χ2v) is 14.2. The van der Waals surface area contributed by atoms with E-state index in [0.717, 1.165) is 41.6 Å². The van der Waals surface area contributed by atoms with Crippen molar-refractivity contribution >= 4 is 56.4 Å². The van der Waals surface area contributed by atoms with Gasteiger partial charge in [0.1, 0.15) is 12.6 Å². The number of halogens is 2. The molecule has 0 heterocycles. The summed E-state index contributed by atoms with van der Waals surface area (Å²) in [6.45, 7) is -0.983. The van der Waals surface area contributed by atoms with Gasteiger partial charge in [-0.25, -0.2) is 8.42 Å². The number of nitrogens with zero attached hydrogens (tertiary/aromatic N) is 3. The lowest BCUT2D eigenvalue weighted by atomic mass is 10.0. The minimum absolute atomic E-state index is 0.0588. The van der Waals surface area contributed by atoms with Crippen LogP contribution in [-0.2, 0) is 32.6 Å². The summed E-state index contributed by atoms with van der Waals surface area (Å²) in [6, 6.07) is 25.5. The molecule has 13 heteroatoms. The van der Waals surface area contributed by atoms with Gasteiger partial charge in [-0.15, -0.1) is 0 Å². The van der Waals surface area contributed by atoms with Gasteiger partial charge in [-0.1, -0.05) is 96.7 Å². The number of hydrogen-bond acceptors (Lipinski definition) is 6. The van der Waals surface area contributed by atoms with E-state index in [9.17, 15) is 28.1 Å². The Morgan fingerprint density at radius 3 is 2.10 bits per heavy atom. The van der Waals surface area contributed by atoms with Crippen LogP contribution in [0.1, 0.15) is 36.8 Å². The van der Waals surface area contributed by atoms with Gasteiger partial charge in [-0.05, 0) is 48.7 Å². The molecular formula is C35H34Cl2N4O6S. The Morgan fingerprint density at radius 1 is 0.875 bits per heavy atom. The van der Waals surface area contributed by atoms with E-state index in [0.29, 0.717) is 5.56 Å². The summed E-state index contributed by atoms with van der Waals surface area (Å²) < 4.78 is 29.1. The zero-order chi connectivity index (χ0) is 34.3. The normalized spacial score (nSPS) is 13.9. The first kappa shape index (κ1) is 34.9. The Labute approximate surface area is 289 Å². The van der Waals surface area contributed by atoms with Crippen LogP contribution in [0.4, 0.5) is 11.4 Å². The van der Waals surface area contributed by atoms with E-state index >= 15 is 0 Å². The number of benzene rings is 4. The third-order valence-electron chi connectivity index (χ3n) is 8.30. The standard InChI is InChI=1S/C35H34Cl2N4O6S/c36-31-19-10-20-32(37)30(31)23-39(33(21-25-11-3-1-4-12-25)35(43)38-26-13-7-8-14-26)34(42)24-40(27-15-9-16-28(22-27)41(44)45)48(46,47)29-17-5-2-6-18-29/h1-6,9-12,15-20,22,26,33H,7-8,13-14,21,23-24H2,(H,38,43). The largest absolute Gasteiger partial charge is 0.352 e. The van der Waals surface area contributed by atoms with E-state index in [4.69, 9.17) is 23.2 Å². The lowest BCUT2D eigenvalue weighted by Gasteiger charge is -2.34. The van der Waals surface area contributed by atoms with Crippen molar-refractivity contribution in [3.8, 4) is 0 Å². The van der Waals surface area contributed by atoms with Gasteiger partial charge in [0.25, 0.3) is 15.7 Å². The molecule has 5 rings (SSSR count). The zero-order valence-electron chi connectivity index (χ0n) is 25.9. The second kappa shape index (κ2) is 15.6. The highest BCUT2D eigenvalue weighted by molar-refractivity contribution is 7.92. The number of non-ortho nitro benzene ring substituents is 1. The molecule has 48 heavy (non-hydrogen) atoms. The van der Waals surface area contributed by atoms with Crippen molar-refractivity contribution in [3.63, 3.8) is 0 Å². The summed E-state index contributed by atoms with van der Waals surface area (Å²) in [5.74, 6) is -1.13. The minimum Gasteiger partial charge on any atom is -0.352 e. The highest BCUT2D eigenvalue weighted by Gasteiger charge is 2.36. The topological polar surface area (TPSA) is 130 Å². The molecule has 4 aromatic carbocycles. The van der Waals surface area contributed by atoms with Crippen molar-refractivity contribution < 1.29 is 22.9 Å². The van der Waals surface area contributed by atoms with Crippen molar-refractivity contribution in [2.45, 2.75) is 55.6 Å². The first-order valence-corrected chi connectivity index (χ1v) is 17.6. The Balaban J connectivity index is 1.61. The number of nitrogens with one attached hydrogen (secondary N) is 1. The van der Waals surface area contributed by atoms with Crippen molar-refractivity contribution in [2.24, 2.45) is 0 Å². The van der Waals surface area contributed by atoms with E-state index in [2.05, 4.69) is 5.32 Å². The van der Waals surface area contributed by atoms with Crippen LogP contribution in [-0.4, -0.2) is 48.7 Å². The van der Waals surface area contributed by atoms with Gasteiger partial charge in [0.15, 0.2) is 0 Å². The third kappa shape index (κ3) is 8.33. The quantitative estimate of drug-likeness (QED) is 0.120. The SMILES string of the molecule is O=C(NC1CCCC1)C(Cc1ccccc1)N(Cc1c(Cl)cccc1Cl)C(=O)CN(c1cccc([N+](=O)[O-])c1)S(=O)(=O)c1ccccc1. The Bertz CT molecular complexity index is 1850. The number of sulfonamides is 1. The van der Waals surface area contributed by atoms with Crippen molar-refractivity contribution in [1.82, 2.24) is 10.2 Å². The van der Waals surface area contributed by atoms with Crippen LogP contribution in [0.15, 0.2) is 108 Å². The summed E-state index contributed by atoms with van der Waals surface area (Å²) in [5.41, 5.74) is 0.714. The van der Waals surface area contributed by atoms with E-state index < -0.39 is 39.3 Å². The molecule has 0 radical (unpaired) electrons. The Hall–Kier alpha value is -4.45. The maximum atomic E-state index is 14.6. The first-order valence-electron chi connectivity index (χ1n) is 15.4. The molecule has 0 aliphatic heterocycles. The van der Waals surface area contributed by atoms with Crippen molar-refractivity contribution in [1.29, 1.82) is 0 Å². The van der Waals surface area contributed by atoms with Gasteiger partial charge in [-0.3, -0.25) is 24.0 Å². The second-order valence-electron chi connectivity index (χ2n) is 11.5. The molecule has 1 atom stereocenters. The molecule has 1 N–H and O–H groups in total. The third-order valence-corrected chi connectivity index (χ3v) is 10.8. The molecule has 0 spiro atoms. The van der Waals surface area contributed by atoms with Gasteiger partial charge in [0, 0.05) is 46.7 Å². The molecule has 250 valence electrons. The lowest BCUT2D eigenvalue weighted by molar-refractivity contribution is -0.384. The summed E-state index contributed by atoms with van der Waals surface area (Å²) in [4.78, 5) is 41.0. The van der Waals surface area contributed by atoms with Gasteiger partial charge in [0.2, 0.25) is 11.8 Å². The number of carbonyl (C=O) groups is 2. The summed E-state index contributed by atoms with van der Waals surface area (Å²) in [5, 5.41) is 15.3. The molecule has 2 amide bonds. The lowest BCUT2D eigenvalue weighted by Crippen LogP contribution is -2.54. The Morgan fingerprint density at radius 2 is 1.48 bits per heavy atom. The molecule has 0 aromatic heterocycles. The summed E-state index contributed by atoms with van der Waals surface area (Å²) in [6.07, 6.45) is 3.69. The molecule has 1 aliphatic carbocycles. The first-order chi connectivity index (χ1) is 23.0. The average molecular weight is 710 g/mol. The van der Waals surface area contributed by atoms with Crippen molar-refractivity contribution in [3.05, 3.63) is 134 Å². The highest BCUT2D eigenvalue weighted by Crippen LogP contribution is 2.30. The van der Waals surface area contributed by atoms with Crippen LogP contribution in [0.5, 0.6) is 0 Å². The van der Waals surface area contributed by atoms with Gasteiger partial charge >= 0.3 is 0 Å². The number of nitro benzene ring substituents is 1. The molecule has 1 saturated carbocycles. The predicted molar refractivity (Wildman–Crippen MR) is 185 cm³/mol. The van der Waals surface area contributed by atoms with E-state index in [1.165, 1.54) is 47.4 Å². The maximum Gasteiger partial charge on any atom is 0.271 e. The van der Waals surface area contributed by atoms with Crippen molar-refractivity contribution in [2.75, 3.05) is 10.8 Å². The molecule has 1 unspecified atom stereocenters. The van der Waals surface area contributed by atoms with Crippen LogP contribution >= 0.6 is 23.2 Å². The molecule has 1 aliphatic rings. The maximum absolute atomic E-state index is 14.6. The van der Waals surface area contributed by atoms with Crippen LogP contribution in [0.25, 0.3) is 0 Å². The van der Waals surface area contributed by atoms with Crippen LogP contribution in [0.2, 0.25) is 10.0 Å². The van der Waals surface area contributed by atoms with Gasteiger partial charge < -0.3 is 10.2 Å². The predicted octanol–water partition coefficient (Wildman–Crippen LogP) is 6.80. The fraction of sp³-hybridized carbons (Fsp3) is 0.257. The molecule has 0 bridgehead atoms. The van der Waals surface area contributed by atoms with Crippen LogP contribution < -0.4 is 9.62 Å². The number of hydrogen-bond donors (Lipinski definition) is 1. The smallest absolute Gasteiger partial charge is 0.271 e. The number of rotatable bonds is 13. The molecule has 1 fully saturated rings. The fourth-order valence-electron chi connectivity index (χ4n) is 5.79. The highest BCUT2D eigenvalue weighted by atomic mass is 35.5. The molecule has 10 nitrogen and oxygen atoms in total. The number of carbonyl (C=O) groups excluding carboxylic acids is 2. The minimum atomic E-state index is -4.43. The molecule has 0 saturated heterocycles. The monoisotopic (exact) mass is 708 g/mol. The zero-order valence-corrected chi connectivity index (χ0v) is 28.2. The van der Waals surface area contributed by atoms with E-state index in [1.807, 2.05) is 30.3 Å². The van der Waals surface area contributed by atoms with Gasteiger partial charge in [0.05, 0.1) is 15.5 Å². The Kier molecular flexibility index (Phi) is 11.4. The van der Waals surface area contributed by atoms with Crippen LogP contribution in [0.3, 0.4) is 0 Å². The average Bonchev–Trinajstić information content (AvgIpc) is 3.60. The van der Waals surface area contributed by atoms with Crippen LogP contribution in [0, 0.1) is 10.1 Å². The summed E-state index contributed by atoms with van der Waals surface area (Å²) in [7, 11) is -4.43. The van der Waals surface area contributed by atoms with E-state index in [-0.39, 0.29) is 45.3 Å². The fourth-order valence-corrected chi connectivity index (χ4v) is 7.73. The summed E-state index contributed by atoms with van der Waals surface area (Å²) >= 11 is 13.1.